The lowest BCUT2D eigenvalue weighted by molar-refractivity contribution is -0.384. The molecule has 0 unspecified atom stereocenters. The Bertz CT molecular complexity index is 780. The maximum Gasteiger partial charge on any atom is 0.339 e. The molecule has 2 aromatic carbocycles. The van der Waals surface area contributed by atoms with Crippen LogP contribution in [0.1, 0.15) is 41.6 Å². The monoisotopic (exact) mass is 337 g/mol. The predicted octanol–water partition coefficient (Wildman–Crippen LogP) is 4.47. The highest BCUT2D eigenvalue weighted by Gasteiger charge is 2.58. The third-order valence-corrected chi connectivity index (χ3v) is 5.74. The van der Waals surface area contributed by atoms with Gasteiger partial charge in [0.2, 0.25) is 0 Å². The molecule has 2 bridgehead atoms. The lowest BCUT2D eigenvalue weighted by atomic mass is 9.83. The summed E-state index contributed by atoms with van der Waals surface area (Å²) in [7, 11) is 0. The Labute approximate surface area is 145 Å². The molecule has 0 N–H and O–H groups in total. The summed E-state index contributed by atoms with van der Waals surface area (Å²) in [6, 6.07) is 15.6. The molecule has 2 saturated carbocycles. The lowest BCUT2D eigenvalue weighted by Crippen LogP contribution is -2.37. The lowest BCUT2D eigenvalue weighted by Gasteiger charge is -2.35. The van der Waals surface area contributed by atoms with Crippen molar-refractivity contribution in [1.29, 1.82) is 0 Å². The molecule has 2 aromatic rings. The Morgan fingerprint density at radius 3 is 2.04 bits per heavy atom. The molecule has 0 aromatic heterocycles. The summed E-state index contributed by atoms with van der Waals surface area (Å²) < 4.78 is 6.15. The van der Waals surface area contributed by atoms with Crippen molar-refractivity contribution in [2.24, 2.45) is 11.8 Å². The molecule has 2 aliphatic rings. The molecule has 0 amide bonds. The Hall–Kier alpha value is -2.69. The van der Waals surface area contributed by atoms with Gasteiger partial charge in [-0.2, -0.15) is 0 Å². The summed E-state index contributed by atoms with van der Waals surface area (Å²) in [5.74, 6) is 0.293. The average Bonchev–Trinajstić information content (AvgIpc) is 3.17. The van der Waals surface area contributed by atoms with Gasteiger partial charge in [-0.15, -0.1) is 0 Å². The van der Waals surface area contributed by atoms with Crippen LogP contribution in [-0.2, 0) is 10.3 Å². The van der Waals surface area contributed by atoms with E-state index in [0.717, 1.165) is 31.2 Å². The van der Waals surface area contributed by atoms with Gasteiger partial charge in [0.1, 0.15) is 5.60 Å². The van der Waals surface area contributed by atoms with Gasteiger partial charge < -0.3 is 4.74 Å². The Balaban J connectivity index is 1.66. The first-order valence-corrected chi connectivity index (χ1v) is 8.64. The minimum atomic E-state index is -0.555. The molecule has 25 heavy (non-hydrogen) atoms. The van der Waals surface area contributed by atoms with Crippen LogP contribution in [0.15, 0.2) is 54.6 Å². The van der Waals surface area contributed by atoms with E-state index in [1.807, 2.05) is 30.3 Å². The zero-order chi connectivity index (χ0) is 17.4. The zero-order valence-corrected chi connectivity index (χ0v) is 13.8. The van der Waals surface area contributed by atoms with Gasteiger partial charge in [0.15, 0.2) is 0 Å². The Kier molecular flexibility index (Phi) is 3.79. The van der Waals surface area contributed by atoms with E-state index in [9.17, 15) is 14.9 Å². The highest BCUT2D eigenvalue weighted by atomic mass is 16.6. The fraction of sp³-hybridized carbons (Fsp3) is 0.350. The van der Waals surface area contributed by atoms with Crippen molar-refractivity contribution >= 4 is 11.7 Å². The Morgan fingerprint density at radius 1 is 0.960 bits per heavy atom. The standard InChI is InChI=1S/C20H19NO4/c22-19(14-6-12-18(13-7-14)21(23)24)25-20(15-4-2-1-3-5-15)16-8-9-17(20)11-10-16/h1-7,12-13,16-17H,8-11H2. The van der Waals surface area contributed by atoms with Crippen molar-refractivity contribution in [2.75, 3.05) is 0 Å². The SMILES string of the molecule is O=C(OC1(c2ccccc2)C2CCC1CC2)c1ccc([N+](=O)[O-])cc1. The number of nitro groups is 1. The first-order valence-electron chi connectivity index (χ1n) is 8.64. The fourth-order valence-electron chi connectivity index (χ4n) is 4.61. The van der Waals surface area contributed by atoms with Gasteiger partial charge in [-0.1, -0.05) is 30.3 Å². The van der Waals surface area contributed by atoms with E-state index >= 15 is 0 Å². The highest BCUT2D eigenvalue weighted by molar-refractivity contribution is 5.90. The van der Waals surface area contributed by atoms with Crippen LogP contribution in [0.5, 0.6) is 0 Å². The van der Waals surface area contributed by atoms with E-state index in [1.165, 1.54) is 24.3 Å². The van der Waals surface area contributed by atoms with Gasteiger partial charge in [0.05, 0.1) is 10.5 Å². The van der Waals surface area contributed by atoms with Crippen LogP contribution >= 0.6 is 0 Å². The van der Waals surface area contributed by atoms with Gasteiger partial charge in [0.25, 0.3) is 5.69 Å². The summed E-state index contributed by atoms with van der Waals surface area (Å²) in [5.41, 5.74) is 0.831. The predicted molar refractivity (Wildman–Crippen MR) is 92.1 cm³/mol. The third kappa shape index (κ3) is 2.51. The minimum absolute atomic E-state index is 0.0322. The Morgan fingerprint density at radius 2 is 1.52 bits per heavy atom. The van der Waals surface area contributed by atoms with E-state index in [0.29, 0.717) is 17.4 Å². The fourth-order valence-corrected chi connectivity index (χ4v) is 4.61. The van der Waals surface area contributed by atoms with Crippen molar-refractivity contribution in [3.63, 3.8) is 0 Å². The summed E-state index contributed by atoms with van der Waals surface area (Å²) in [6.45, 7) is 0. The number of fused-ring (bicyclic) bond motifs is 2. The molecule has 0 radical (unpaired) electrons. The second-order valence-corrected chi connectivity index (χ2v) is 6.90. The number of hydrogen-bond donors (Lipinski definition) is 0. The molecule has 0 atom stereocenters. The molecular formula is C20H19NO4. The summed E-state index contributed by atoms with van der Waals surface area (Å²) in [5, 5.41) is 10.8. The number of carbonyl (C=O) groups excluding carboxylic acids is 1. The molecule has 5 heteroatoms. The molecule has 128 valence electrons. The second-order valence-electron chi connectivity index (χ2n) is 6.90. The van der Waals surface area contributed by atoms with E-state index in [4.69, 9.17) is 4.74 Å². The first-order chi connectivity index (χ1) is 12.1. The van der Waals surface area contributed by atoms with Gasteiger partial charge in [-0.3, -0.25) is 10.1 Å². The van der Waals surface area contributed by atoms with Crippen LogP contribution in [0.25, 0.3) is 0 Å². The number of ether oxygens (including phenoxy) is 1. The summed E-state index contributed by atoms with van der Waals surface area (Å²) in [6.07, 6.45) is 4.31. The van der Waals surface area contributed by atoms with Gasteiger partial charge in [-0.05, 0) is 43.4 Å². The summed E-state index contributed by atoms with van der Waals surface area (Å²) >= 11 is 0. The third-order valence-electron chi connectivity index (χ3n) is 5.74. The van der Waals surface area contributed by atoms with Crippen LogP contribution in [0.4, 0.5) is 5.69 Å². The number of non-ortho nitro benzene ring substituents is 1. The van der Waals surface area contributed by atoms with Crippen LogP contribution in [0, 0.1) is 22.0 Å². The maximum atomic E-state index is 12.8. The number of hydrogen-bond acceptors (Lipinski definition) is 4. The second kappa shape index (κ2) is 5.99. The first kappa shape index (κ1) is 15.8. The van der Waals surface area contributed by atoms with Gasteiger partial charge >= 0.3 is 5.97 Å². The minimum Gasteiger partial charge on any atom is -0.450 e. The zero-order valence-electron chi connectivity index (χ0n) is 13.8. The number of nitrogens with zero attached hydrogens (tertiary/aromatic N) is 1. The number of benzene rings is 2. The normalized spacial score (nSPS) is 27.2. The molecule has 2 fully saturated rings. The van der Waals surface area contributed by atoms with E-state index < -0.39 is 16.5 Å². The molecular weight excluding hydrogens is 318 g/mol. The highest BCUT2D eigenvalue weighted by Crippen LogP contribution is 2.59. The van der Waals surface area contributed by atoms with E-state index in [2.05, 4.69) is 0 Å². The molecule has 0 aliphatic heterocycles. The van der Waals surface area contributed by atoms with Gasteiger partial charge in [0, 0.05) is 24.0 Å². The molecule has 4 rings (SSSR count). The molecule has 0 spiro atoms. The van der Waals surface area contributed by atoms with E-state index in [-0.39, 0.29) is 5.69 Å². The van der Waals surface area contributed by atoms with Crippen LogP contribution in [0.3, 0.4) is 0 Å². The smallest absolute Gasteiger partial charge is 0.339 e. The number of carbonyl (C=O) groups is 1. The van der Waals surface area contributed by atoms with Crippen LogP contribution < -0.4 is 0 Å². The van der Waals surface area contributed by atoms with Gasteiger partial charge in [-0.25, -0.2) is 4.79 Å². The number of rotatable bonds is 4. The van der Waals surface area contributed by atoms with Crippen LogP contribution in [0.2, 0.25) is 0 Å². The van der Waals surface area contributed by atoms with Crippen LogP contribution in [-0.4, -0.2) is 10.9 Å². The summed E-state index contributed by atoms with van der Waals surface area (Å²) in [4.78, 5) is 23.1. The largest absolute Gasteiger partial charge is 0.450 e. The molecule has 0 saturated heterocycles. The maximum absolute atomic E-state index is 12.8. The van der Waals surface area contributed by atoms with Crippen molar-refractivity contribution in [1.82, 2.24) is 0 Å². The number of esters is 1. The van der Waals surface area contributed by atoms with E-state index in [1.54, 1.807) is 0 Å². The quantitative estimate of drug-likeness (QED) is 0.469. The van der Waals surface area contributed by atoms with Crippen molar-refractivity contribution in [3.05, 3.63) is 75.8 Å². The molecule has 2 aliphatic carbocycles. The van der Waals surface area contributed by atoms with Crippen molar-refractivity contribution in [2.45, 2.75) is 31.3 Å². The molecule has 5 nitrogen and oxygen atoms in total. The number of nitro benzene ring substituents is 1. The van der Waals surface area contributed by atoms with Crippen molar-refractivity contribution < 1.29 is 14.5 Å². The average molecular weight is 337 g/mol. The topological polar surface area (TPSA) is 69.4 Å². The molecule has 0 heterocycles. The van der Waals surface area contributed by atoms with Crippen molar-refractivity contribution in [3.8, 4) is 0 Å².